The molecule has 23 heavy (non-hydrogen) atoms. The lowest BCUT2D eigenvalue weighted by atomic mass is 10.1. The number of rotatable bonds is 2. The molecule has 122 valence electrons. The van der Waals surface area contributed by atoms with E-state index < -0.39 is 0 Å². The summed E-state index contributed by atoms with van der Waals surface area (Å²) in [6, 6.07) is 8.04. The molecule has 0 radical (unpaired) electrons. The van der Waals surface area contributed by atoms with E-state index >= 15 is 0 Å². The van der Waals surface area contributed by atoms with Crippen LogP contribution < -0.4 is 5.32 Å². The second-order valence-electron chi connectivity index (χ2n) is 6.22. The minimum atomic E-state index is 0.00761. The number of carbonyl (C=O) groups is 1. The number of aromatic nitrogens is 2. The molecule has 1 N–H and O–H groups in total. The van der Waals surface area contributed by atoms with Gasteiger partial charge in [-0.3, -0.25) is 9.48 Å². The number of benzene rings is 1. The quantitative estimate of drug-likeness (QED) is 0.919. The van der Waals surface area contributed by atoms with Crippen molar-refractivity contribution in [3.05, 3.63) is 41.0 Å². The van der Waals surface area contributed by atoms with Crippen LogP contribution in [-0.4, -0.2) is 45.8 Å². The predicted molar refractivity (Wildman–Crippen MR) is 91.6 cm³/mol. The van der Waals surface area contributed by atoms with E-state index in [9.17, 15) is 4.79 Å². The van der Waals surface area contributed by atoms with Crippen molar-refractivity contribution >= 4 is 17.5 Å². The average Bonchev–Trinajstić information content (AvgIpc) is 2.87. The van der Waals surface area contributed by atoms with Gasteiger partial charge in [0.05, 0.1) is 10.6 Å². The van der Waals surface area contributed by atoms with Gasteiger partial charge in [-0.2, -0.15) is 5.10 Å². The van der Waals surface area contributed by atoms with E-state index in [2.05, 4.69) is 24.3 Å². The summed E-state index contributed by atoms with van der Waals surface area (Å²) >= 11 is 6.29. The Morgan fingerprint density at radius 1 is 1.26 bits per heavy atom. The maximum Gasteiger partial charge on any atom is 0.257 e. The molecule has 1 aromatic heterocycles. The van der Waals surface area contributed by atoms with Gasteiger partial charge < -0.3 is 10.2 Å². The third kappa shape index (κ3) is 3.26. The first-order valence-corrected chi connectivity index (χ1v) is 8.17. The molecule has 0 spiro atoms. The van der Waals surface area contributed by atoms with Crippen LogP contribution >= 0.6 is 11.6 Å². The minimum absolute atomic E-state index is 0.00761. The van der Waals surface area contributed by atoms with Gasteiger partial charge in [0, 0.05) is 44.0 Å². The van der Waals surface area contributed by atoms with E-state index in [-0.39, 0.29) is 18.0 Å². The Bertz CT molecular complexity index is 717. The number of piperazine rings is 1. The van der Waals surface area contributed by atoms with Crippen LogP contribution in [0.3, 0.4) is 0 Å². The van der Waals surface area contributed by atoms with Crippen molar-refractivity contribution in [3.63, 3.8) is 0 Å². The van der Waals surface area contributed by atoms with Crippen molar-refractivity contribution < 1.29 is 4.79 Å². The van der Waals surface area contributed by atoms with Crippen molar-refractivity contribution in [2.75, 3.05) is 13.1 Å². The Morgan fingerprint density at radius 3 is 2.57 bits per heavy atom. The molecule has 1 aliphatic rings. The van der Waals surface area contributed by atoms with Gasteiger partial charge in [-0.1, -0.05) is 29.8 Å². The maximum atomic E-state index is 13.0. The lowest BCUT2D eigenvalue weighted by molar-refractivity contribution is 0.0674. The largest absolute Gasteiger partial charge is 0.335 e. The van der Waals surface area contributed by atoms with E-state index in [1.807, 2.05) is 36.2 Å². The average molecular weight is 333 g/mol. The normalized spacial score (nSPS) is 21.5. The van der Waals surface area contributed by atoms with Crippen molar-refractivity contribution in [2.45, 2.75) is 25.9 Å². The molecule has 6 heteroatoms. The molecule has 0 bridgehead atoms. The first-order valence-electron chi connectivity index (χ1n) is 7.79. The SMILES string of the molecule is CC1CN(C(=O)c2cn(C)nc2-c2ccccc2Cl)CC(C)N1. The van der Waals surface area contributed by atoms with Crippen molar-refractivity contribution in [1.82, 2.24) is 20.0 Å². The van der Waals surface area contributed by atoms with Gasteiger partial charge in [0.2, 0.25) is 0 Å². The van der Waals surface area contributed by atoms with Crippen LogP contribution in [0, 0.1) is 0 Å². The van der Waals surface area contributed by atoms with Crippen LogP contribution in [0.25, 0.3) is 11.3 Å². The first-order chi connectivity index (χ1) is 11.0. The number of amides is 1. The fraction of sp³-hybridized carbons (Fsp3) is 0.412. The highest BCUT2D eigenvalue weighted by atomic mass is 35.5. The number of nitrogens with zero attached hydrogens (tertiary/aromatic N) is 3. The van der Waals surface area contributed by atoms with E-state index in [0.717, 1.165) is 5.56 Å². The first kappa shape index (κ1) is 16.0. The van der Waals surface area contributed by atoms with Gasteiger partial charge in [0.1, 0.15) is 5.69 Å². The molecule has 2 heterocycles. The Balaban J connectivity index is 1.97. The Morgan fingerprint density at radius 2 is 1.91 bits per heavy atom. The molecule has 3 rings (SSSR count). The van der Waals surface area contributed by atoms with Gasteiger partial charge >= 0.3 is 0 Å². The molecule has 1 saturated heterocycles. The monoisotopic (exact) mass is 332 g/mol. The van der Waals surface area contributed by atoms with E-state index in [1.54, 1.807) is 10.9 Å². The number of nitrogens with one attached hydrogen (secondary N) is 1. The molecule has 1 fully saturated rings. The van der Waals surface area contributed by atoms with E-state index in [0.29, 0.717) is 29.4 Å². The summed E-state index contributed by atoms with van der Waals surface area (Å²) < 4.78 is 1.67. The molecular formula is C17H21ClN4O. The van der Waals surface area contributed by atoms with Gasteiger partial charge in [-0.25, -0.2) is 0 Å². The highest BCUT2D eigenvalue weighted by Gasteiger charge is 2.28. The van der Waals surface area contributed by atoms with E-state index in [1.165, 1.54) is 0 Å². The van der Waals surface area contributed by atoms with E-state index in [4.69, 9.17) is 11.6 Å². The van der Waals surface area contributed by atoms with Gasteiger partial charge in [-0.15, -0.1) is 0 Å². The van der Waals surface area contributed by atoms with Crippen molar-refractivity contribution in [3.8, 4) is 11.3 Å². The fourth-order valence-corrected chi connectivity index (χ4v) is 3.39. The lowest BCUT2D eigenvalue weighted by Gasteiger charge is -2.36. The summed E-state index contributed by atoms with van der Waals surface area (Å²) in [6.45, 7) is 5.57. The topological polar surface area (TPSA) is 50.2 Å². The van der Waals surface area contributed by atoms with Crippen LogP contribution in [0.1, 0.15) is 24.2 Å². The lowest BCUT2D eigenvalue weighted by Crippen LogP contribution is -2.55. The number of hydrogen-bond donors (Lipinski definition) is 1. The van der Waals surface area contributed by atoms with Crippen LogP contribution in [0.2, 0.25) is 5.02 Å². The Kier molecular flexibility index (Phi) is 4.41. The molecule has 2 atom stereocenters. The summed E-state index contributed by atoms with van der Waals surface area (Å²) in [4.78, 5) is 14.9. The van der Waals surface area contributed by atoms with Crippen LogP contribution in [0.5, 0.6) is 0 Å². The molecule has 2 unspecified atom stereocenters. The zero-order valence-electron chi connectivity index (χ0n) is 13.6. The molecule has 2 aromatic rings. The molecule has 0 aliphatic carbocycles. The molecule has 1 amide bonds. The Labute approximate surface area is 141 Å². The zero-order chi connectivity index (χ0) is 16.6. The third-order valence-corrected chi connectivity index (χ3v) is 4.36. The zero-order valence-corrected chi connectivity index (χ0v) is 14.3. The molecule has 0 saturated carbocycles. The van der Waals surface area contributed by atoms with Crippen LogP contribution in [0.4, 0.5) is 0 Å². The highest BCUT2D eigenvalue weighted by molar-refractivity contribution is 6.33. The summed E-state index contributed by atoms with van der Waals surface area (Å²) in [5, 5.41) is 8.50. The van der Waals surface area contributed by atoms with Crippen molar-refractivity contribution in [2.24, 2.45) is 7.05 Å². The van der Waals surface area contributed by atoms with Crippen LogP contribution in [0.15, 0.2) is 30.5 Å². The number of aryl methyl sites for hydroxylation is 1. The second-order valence-corrected chi connectivity index (χ2v) is 6.63. The number of halogens is 1. The highest BCUT2D eigenvalue weighted by Crippen LogP contribution is 2.29. The molecule has 1 aromatic carbocycles. The fourth-order valence-electron chi connectivity index (χ4n) is 3.16. The summed E-state index contributed by atoms with van der Waals surface area (Å²) in [5.41, 5.74) is 2.03. The second kappa shape index (κ2) is 6.34. The van der Waals surface area contributed by atoms with Gasteiger partial charge in [0.15, 0.2) is 0 Å². The summed E-state index contributed by atoms with van der Waals surface area (Å²) in [7, 11) is 1.82. The molecule has 1 aliphatic heterocycles. The minimum Gasteiger partial charge on any atom is -0.335 e. The third-order valence-electron chi connectivity index (χ3n) is 4.03. The number of carbonyl (C=O) groups excluding carboxylic acids is 1. The smallest absolute Gasteiger partial charge is 0.257 e. The predicted octanol–water partition coefficient (Wildman–Crippen LogP) is 2.56. The van der Waals surface area contributed by atoms with Gasteiger partial charge in [0.25, 0.3) is 5.91 Å². The van der Waals surface area contributed by atoms with Gasteiger partial charge in [-0.05, 0) is 19.9 Å². The Hall–Kier alpha value is -1.85. The molecule has 5 nitrogen and oxygen atoms in total. The number of hydrogen-bond acceptors (Lipinski definition) is 3. The summed E-state index contributed by atoms with van der Waals surface area (Å²) in [6.07, 6.45) is 1.78. The molecular weight excluding hydrogens is 312 g/mol. The summed E-state index contributed by atoms with van der Waals surface area (Å²) in [5.74, 6) is 0.00761. The standard InChI is InChI=1S/C17H21ClN4O/c1-11-8-22(9-12(2)19-11)17(23)14-10-21(3)20-16(14)13-6-4-5-7-15(13)18/h4-7,10-12,19H,8-9H2,1-3H3. The van der Waals surface area contributed by atoms with Crippen molar-refractivity contribution in [1.29, 1.82) is 0 Å². The van der Waals surface area contributed by atoms with Crippen LogP contribution in [-0.2, 0) is 7.05 Å². The maximum absolute atomic E-state index is 13.0.